The lowest BCUT2D eigenvalue weighted by atomic mass is 10.2. The van der Waals surface area contributed by atoms with Crippen LogP contribution in [-0.2, 0) is 23.4 Å². The highest BCUT2D eigenvalue weighted by molar-refractivity contribution is 7.91. The maximum atomic E-state index is 11.8. The van der Waals surface area contributed by atoms with Crippen LogP contribution in [0.1, 0.15) is 24.8 Å². The molecule has 0 radical (unpaired) electrons. The van der Waals surface area contributed by atoms with E-state index in [0.717, 1.165) is 31.4 Å². The normalized spacial score (nSPS) is 24.9. The standard InChI is InChI=1S/C12H21N3O2S/c1-14(8-10-7-13-15(2)9-10)11-5-4-6-12(11)18(3,16)17/h7,9,11-12H,4-6,8H2,1-3H3/t11-,12-/m1/s1. The fraction of sp³-hybridized carbons (Fsp3) is 0.750. The highest BCUT2D eigenvalue weighted by atomic mass is 32.2. The smallest absolute Gasteiger partial charge is 0.151 e. The second-order valence-corrected chi connectivity index (χ2v) is 7.57. The summed E-state index contributed by atoms with van der Waals surface area (Å²) in [5.41, 5.74) is 1.12. The Hall–Kier alpha value is -0.880. The Morgan fingerprint density at radius 2 is 2.22 bits per heavy atom. The molecule has 6 heteroatoms. The van der Waals surface area contributed by atoms with Crippen molar-refractivity contribution in [2.45, 2.75) is 37.1 Å². The van der Waals surface area contributed by atoms with Crippen molar-refractivity contribution in [3.63, 3.8) is 0 Å². The zero-order valence-corrected chi connectivity index (χ0v) is 12.0. The number of hydrogen-bond acceptors (Lipinski definition) is 4. The molecule has 0 unspecified atom stereocenters. The van der Waals surface area contributed by atoms with E-state index in [1.165, 1.54) is 6.26 Å². The van der Waals surface area contributed by atoms with E-state index in [0.29, 0.717) is 0 Å². The Bertz CT molecular complexity index is 509. The molecular weight excluding hydrogens is 250 g/mol. The third-order valence-electron chi connectivity index (χ3n) is 3.72. The molecule has 0 aliphatic heterocycles. The molecule has 18 heavy (non-hydrogen) atoms. The minimum atomic E-state index is -2.95. The van der Waals surface area contributed by atoms with Gasteiger partial charge in [-0.1, -0.05) is 6.42 Å². The van der Waals surface area contributed by atoms with Crippen LogP contribution in [0.5, 0.6) is 0 Å². The van der Waals surface area contributed by atoms with Crippen LogP contribution in [0.25, 0.3) is 0 Å². The van der Waals surface area contributed by atoms with E-state index in [1.54, 1.807) is 4.68 Å². The van der Waals surface area contributed by atoms with Gasteiger partial charge in [-0.15, -0.1) is 0 Å². The van der Waals surface area contributed by atoms with Crippen molar-refractivity contribution in [2.75, 3.05) is 13.3 Å². The van der Waals surface area contributed by atoms with Gasteiger partial charge in [0.1, 0.15) is 0 Å². The fourth-order valence-electron chi connectivity index (χ4n) is 2.87. The van der Waals surface area contributed by atoms with Gasteiger partial charge in [0.15, 0.2) is 9.84 Å². The molecule has 0 aromatic carbocycles. The summed E-state index contributed by atoms with van der Waals surface area (Å²) in [4.78, 5) is 2.15. The number of rotatable bonds is 4. The molecule has 0 N–H and O–H groups in total. The van der Waals surface area contributed by atoms with Crippen molar-refractivity contribution in [1.82, 2.24) is 14.7 Å². The largest absolute Gasteiger partial charge is 0.298 e. The van der Waals surface area contributed by atoms with Crippen molar-refractivity contribution in [3.05, 3.63) is 18.0 Å². The van der Waals surface area contributed by atoms with Crippen LogP contribution in [0.15, 0.2) is 12.4 Å². The van der Waals surface area contributed by atoms with Crippen LogP contribution in [-0.4, -0.2) is 47.7 Å². The lowest BCUT2D eigenvalue weighted by Gasteiger charge is -2.28. The van der Waals surface area contributed by atoms with Crippen LogP contribution in [0.3, 0.4) is 0 Å². The van der Waals surface area contributed by atoms with Crippen LogP contribution in [0.4, 0.5) is 0 Å². The van der Waals surface area contributed by atoms with Gasteiger partial charge in [-0.2, -0.15) is 5.10 Å². The average Bonchev–Trinajstić information content (AvgIpc) is 2.85. The molecule has 0 amide bonds. The number of nitrogens with zero attached hydrogens (tertiary/aromatic N) is 3. The first kappa shape index (κ1) is 13.5. The van der Waals surface area contributed by atoms with Gasteiger partial charge in [-0.3, -0.25) is 9.58 Å². The minimum absolute atomic E-state index is 0.139. The second kappa shape index (κ2) is 5.01. The zero-order valence-electron chi connectivity index (χ0n) is 11.2. The van der Waals surface area contributed by atoms with Gasteiger partial charge >= 0.3 is 0 Å². The van der Waals surface area contributed by atoms with E-state index < -0.39 is 9.84 Å². The summed E-state index contributed by atoms with van der Waals surface area (Å²) >= 11 is 0. The molecule has 1 aliphatic carbocycles. The van der Waals surface area contributed by atoms with Gasteiger partial charge in [-0.25, -0.2) is 8.42 Å². The SMILES string of the molecule is CN(Cc1cnn(C)c1)[C@@H]1CCC[C@H]1S(C)(=O)=O. The molecule has 2 atom stereocenters. The topological polar surface area (TPSA) is 55.2 Å². The van der Waals surface area contributed by atoms with Crippen LogP contribution < -0.4 is 0 Å². The monoisotopic (exact) mass is 271 g/mol. The Morgan fingerprint density at radius 1 is 1.50 bits per heavy atom. The summed E-state index contributed by atoms with van der Waals surface area (Å²) in [6.45, 7) is 0.754. The van der Waals surface area contributed by atoms with E-state index in [2.05, 4.69) is 10.00 Å². The van der Waals surface area contributed by atoms with Crippen molar-refractivity contribution in [2.24, 2.45) is 7.05 Å². The van der Waals surface area contributed by atoms with E-state index >= 15 is 0 Å². The molecule has 0 bridgehead atoms. The van der Waals surface area contributed by atoms with E-state index in [1.807, 2.05) is 26.5 Å². The van der Waals surface area contributed by atoms with Gasteiger partial charge in [0.25, 0.3) is 0 Å². The predicted molar refractivity (Wildman–Crippen MR) is 70.9 cm³/mol. The van der Waals surface area contributed by atoms with Crippen molar-refractivity contribution in [3.8, 4) is 0 Å². The first-order valence-electron chi connectivity index (χ1n) is 6.24. The third-order valence-corrected chi connectivity index (χ3v) is 5.37. The molecule has 1 aromatic heterocycles. The predicted octanol–water partition coefficient (Wildman–Crippen LogP) is 0.818. The van der Waals surface area contributed by atoms with Gasteiger partial charge in [0.2, 0.25) is 0 Å². The second-order valence-electron chi connectivity index (χ2n) is 5.30. The van der Waals surface area contributed by atoms with Crippen LogP contribution >= 0.6 is 0 Å². The minimum Gasteiger partial charge on any atom is -0.298 e. The first-order chi connectivity index (χ1) is 8.38. The summed E-state index contributed by atoms with van der Waals surface area (Å²) in [5, 5.41) is 3.93. The average molecular weight is 271 g/mol. The van der Waals surface area contributed by atoms with Gasteiger partial charge in [0.05, 0.1) is 11.4 Å². The Morgan fingerprint density at radius 3 is 2.78 bits per heavy atom. The molecule has 1 heterocycles. The molecule has 0 saturated heterocycles. The molecule has 0 spiro atoms. The molecule has 5 nitrogen and oxygen atoms in total. The van der Waals surface area contributed by atoms with Gasteiger partial charge in [0, 0.05) is 37.7 Å². The third kappa shape index (κ3) is 2.92. The fourth-order valence-corrected chi connectivity index (χ4v) is 4.38. The van der Waals surface area contributed by atoms with E-state index in [9.17, 15) is 8.42 Å². The van der Waals surface area contributed by atoms with Crippen LogP contribution in [0, 0.1) is 0 Å². The van der Waals surface area contributed by atoms with E-state index in [-0.39, 0.29) is 11.3 Å². The summed E-state index contributed by atoms with van der Waals surface area (Å²) in [6, 6.07) is 0.139. The lowest BCUT2D eigenvalue weighted by Crippen LogP contribution is -2.40. The van der Waals surface area contributed by atoms with Crippen LogP contribution in [0.2, 0.25) is 0 Å². The molecular formula is C12H21N3O2S. The van der Waals surface area contributed by atoms with Gasteiger partial charge < -0.3 is 0 Å². The highest BCUT2D eigenvalue weighted by Crippen LogP contribution is 2.29. The molecule has 1 saturated carbocycles. The summed E-state index contributed by atoms with van der Waals surface area (Å²) in [6.07, 6.45) is 7.92. The molecule has 2 rings (SSSR count). The van der Waals surface area contributed by atoms with E-state index in [4.69, 9.17) is 0 Å². The Labute approximate surface area is 109 Å². The van der Waals surface area contributed by atoms with Crippen molar-refractivity contribution < 1.29 is 8.42 Å². The number of hydrogen-bond donors (Lipinski definition) is 0. The summed E-state index contributed by atoms with van der Waals surface area (Å²) in [7, 11) is 0.942. The summed E-state index contributed by atoms with van der Waals surface area (Å²) in [5.74, 6) is 0. The lowest BCUT2D eigenvalue weighted by molar-refractivity contribution is 0.238. The quantitative estimate of drug-likeness (QED) is 0.813. The summed E-state index contributed by atoms with van der Waals surface area (Å²) < 4.78 is 25.3. The van der Waals surface area contributed by atoms with Crippen molar-refractivity contribution in [1.29, 1.82) is 0 Å². The molecule has 1 aliphatic rings. The highest BCUT2D eigenvalue weighted by Gasteiger charge is 2.37. The molecule has 1 fully saturated rings. The van der Waals surface area contributed by atoms with Crippen molar-refractivity contribution >= 4 is 9.84 Å². The molecule has 1 aromatic rings. The maximum Gasteiger partial charge on any atom is 0.151 e. The Kier molecular flexibility index (Phi) is 3.77. The first-order valence-corrected chi connectivity index (χ1v) is 8.20. The molecule has 102 valence electrons. The maximum absolute atomic E-state index is 11.8. The number of aryl methyl sites for hydroxylation is 1. The van der Waals surface area contributed by atoms with Gasteiger partial charge in [-0.05, 0) is 19.9 Å². The zero-order chi connectivity index (χ0) is 13.3. The number of aromatic nitrogens is 2. The number of sulfone groups is 1. The Balaban J connectivity index is 2.06.